The molecule has 0 aromatic heterocycles. The first kappa shape index (κ1) is 17.9. The van der Waals surface area contributed by atoms with Gasteiger partial charge in [-0.05, 0) is 25.9 Å². The minimum absolute atomic E-state index is 0.359. The maximum absolute atomic E-state index is 12.1. The molecule has 112 valence electrons. The highest BCUT2D eigenvalue weighted by atomic mass is 16.2. The zero-order valence-electron chi connectivity index (χ0n) is 13.2. The molecule has 0 aromatic carbocycles. The van der Waals surface area contributed by atoms with Crippen molar-refractivity contribution in [2.75, 3.05) is 40.3 Å². The van der Waals surface area contributed by atoms with E-state index >= 15 is 0 Å². The minimum atomic E-state index is -0.497. The third kappa shape index (κ3) is 8.59. The van der Waals surface area contributed by atoms with Crippen LogP contribution in [0.15, 0.2) is 0 Å². The number of rotatable bonds is 7. The van der Waals surface area contributed by atoms with Crippen molar-refractivity contribution in [1.82, 2.24) is 15.1 Å². The van der Waals surface area contributed by atoms with E-state index in [1.165, 1.54) is 0 Å². The molecule has 2 amide bonds. The molecule has 0 bridgehead atoms. The SMILES string of the molecule is CC(C)CN(CC(C)C)C(=O)C(=O)NCCN(C)C. The van der Waals surface area contributed by atoms with Crippen LogP contribution in [-0.2, 0) is 9.59 Å². The molecule has 0 saturated carbocycles. The highest BCUT2D eigenvalue weighted by Crippen LogP contribution is 2.04. The molecule has 0 rings (SSSR count). The summed E-state index contributed by atoms with van der Waals surface area (Å²) >= 11 is 0. The smallest absolute Gasteiger partial charge is 0.311 e. The molecule has 19 heavy (non-hydrogen) atoms. The molecule has 0 heterocycles. The van der Waals surface area contributed by atoms with E-state index in [2.05, 4.69) is 5.32 Å². The molecule has 0 aliphatic heterocycles. The van der Waals surface area contributed by atoms with Crippen LogP contribution in [0.4, 0.5) is 0 Å². The average Bonchev–Trinajstić information content (AvgIpc) is 2.25. The van der Waals surface area contributed by atoms with E-state index in [4.69, 9.17) is 0 Å². The Balaban J connectivity index is 4.39. The largest absolute Gasteiger partial charge is 0.347 e. The van der Waals surface area contributed by atoms with Crippen molar-refractivity contribution in [1.29, 1.82) is 0 Å². The highest BCUT2D eigenvalue weighted by Gasteiger charge is 2.22. The first-order valence-corrected chi connectivity index (χ1v) is 6.95. The number of likely N-dealkylation sites (N-methyl/N-ethyl adjacent to an activating group) is 1. The minimum Gasteiger partial charge on any atom is -0.347 e. The first-order chi connectivity index (χ1) is 8.73. The van der Waals surface area contributed by atoms with Crippen LogP contribution < -0.4 is 5.32 Å². The number of hydrogen-bond acceptors (Lipinski definition) is 3. The standard InChI is InChI=1S/C14H29N3O2/c1-11(2)9-17(10-12(3)4)14(19)13(18)15-7-8-16(5)6/h11-12H,7-10H2,1-6H3,(H,15,18). The quantitative estimate of drug-likeness (QED) is 0.697. The molecule has 5 heteroatoms. The summed E-state index contributed by atoms with van der Waals surface area (Å²) in [5.74, 6) is -0.196. The van der Waals surface area contributed by atoms with Gasteiger partial charge in [-0.3, -0.25) is 9.59 Å². The number of nitrogens with one attached hydrogen (secondary N) is 1. The molecule has 0 aromatic rings. The van der Waals surface area contributed by atoms with E-state index in [0.29, 0.717) is 31.5 Å². The summed E-state index contributed by atoms with van der Waals surface area (Å²) in [6, 6.07) is 0. The Bertz CT molecular complexity index is 278. The van der Waals surface area contributed by atoms with Gasteiger partial charge < -0.3 is 15.1 Å². The summed E-state index contributed by atoms with van der Waals surface area (Å²) in [5, 5.41) is 2.67. The van der Waals surface area contributed by atoms with Crippen molar-refractivity contribution in [3.63, 3.8) is 0 Å². The van der Waals surface area contributed by atoms with Gasteiger partial charge in [0.2, 0.25) is 0 Å². The summed E-state index contributed by atoms with van der Waals surface area (Å²) in [4.78, 5) is 27.5. The molecule has 0 atom stereocenters. The molecular formula is C14H29N3O2. The zero-order valence-corrected chi connectivity index (χ0v) is 13.2. The van der Waals surface area contributed by atoms with Gasteiger partial charge in [-0.25, -0.2) is 0 Å². The molecule has 1 N–H and O–H groups in total. The Morgan fingerprint density at radius 3 is 1.84 bits per heavy atom. The summed E-state index contributed by atoms with van der Waals surface area (Å²) in [6.45, 7) is 10.7. The second kappa shape index (κ2) is 8.91. The molecule has 0 spiro atoms. The topological polar surface area (TPSA) is 52.7 Å². The molecule has 0 saturated heterocycles. The van der Waals surface area contributed by atoms with Gasteiger partial charge in [-0.1, -0.05) is 27.7 Å². The lowest BCUT2D eigenvalue weighted by molar-refractivity contribution is -0.146. The average molecular weight is 271 g/mol. The van der Waals surface area contributed by atoms with Crippen molar-refractivity contribution in [2.24, 2.45) is 11.8 Å². The van der Waals surface area contributed by atoms with Gasteiger partial charge in [0, 0.05) is 26.2 Å². The van der Waals surface area contributed by atoms with Gasteiger partial charge in [-0.2, -0.15) is 0 Å². The van der Waals surface area contributed by atoms with Crippen LogP contribution in [0.2, 0.25) is 0 Å². The Morgan fingerprint density at radius 2 is 1.47 bits per heavy atom. The number of carbonyl (C=O) groups excluding carboxylic acids is 2. The van der Waals surface area contributed by atoms with Gasteiger partial charge in [-0.15, -0.1) is 0 Å². The Labute approximate surface area is 117 Å². The molecule has 0 aliphatic rings. The monoisotopic (exact) mass is 271 g/mol. The predicted molar refractivity (Wildman–Crippen MR) is 77.8 cm³/mol. The fourth-order valence-corrected chi connectivity index (χ4v) is 1.73. The lowest BCUT2D eigenvalue weighted by atomic mass is 10.1. The number of carbonyl (C=O) groups is 2. The maximum atomic E-state index is 12.1. The van der Waals surface area contributed by atoms with Gasteiger partial charge in [0.15, 0.2) is 0 Å². The Hall–Kier alpha value is -1.10. The molecule has 5 nitrogen and oxygen atoms in total. The summed E-state index contributed by atoms with van der Waals surface area (Å²) in [5.41, 5.74) is 0. The Morgan fingerprint density at radius 1 is 1.00 bits per heavy atom. The van der Waals surface area contributed by atoms with E-state index in [0.717, 1.165) is 6.54 Å². The van der Waals surface area contributed by atoms with Crippen molar-refractivity contribution < 1.29 is 9.59 Å². The maximum Gasteiger partial charge on any atom is 0.311 e. The van der Waals surface area contributed by atoms with Crippen LogP contribution in [0.1, 0.15) is 27.7 Å². The van der Waals surface area contributed by atoms with Gasteiger partial charge >= 0.3 is 11.8 Å². The fraction of sp³-hybridized carbons (Fsp3) is 0.857. The van der Waals surface area contributed by atoms with E-state index < -0.39 is 11.8 Å². The Kier molecular flexibility index (Phi) is 8.39. The van der Waals surface area contributed by atoms with E-state index in [9.17, 15) is 9.59 Å². The highest BCUT2D eigenvalue weighted by molar-refractivity contribution is 6.35. The number of hydrogen-bond donors (Lipinski definition) is 1. The van der Waals surface area contributed by atoms with Crippen LogP contribution >= 0.6 is 0 Å². The summed E-state index contributed by atoms with van der Waals surface area (Å²) in [6.07, 6.45) is 0. The van der Waals surface area contributed by atoms with Crippen LogP contribution in [-0.4, -0.2) is 61.9 Å². The third-order valence-electron chi connectivity index (χ3n) is 2.50. The zero-order chi connectivity index (χ0) is 15.0. The summed E-state index contributed by atoms with van der Waals surface area (Å²) < 4.78 is 0. The third-order valence-corrected chi connectivity index (χ3v) is 2.50. The second-order valence-corrected chi connectivity index (χ2v) is 6.06. The van der Waals surface area contributed by atoms with Crippen LogP contribution in [0.5, 0.6) is 0 Å². The van der Waals surface area contributed by atoms with Gasteiger partial charge in [0.1, 0.15) is 0 Å². The van der Waals surface area contributed by atoms with E-state index in [1.54, 1.807) is 4.90 Å². The normalized spacial score (nSPS) is 11.2. The van der Waals surface area contributed by atoms with E-state index in [-0.39, 0.29) is 0 Å². The molecule has 0 aliphatic carbocycles. The van der Waals surface area contributed by atoms with Crippen molar-refractivity contribution >= 4 is 11.8 Å². The van der Waals surface area contributed by atoms with Gasteiger partial charge in [0.05, 0.1) is 0 Å². The predicted octanol–water partition coefficient (Wildman–Crippen LogP) is 0.805. The van der Waals surface area contributed by atoms with Crippen molar-refractivity contribution in [2.45, 2.75) is 27.7 Å². The number of amides is 2. The van der Waals surface area contributed by atoms with Crippen molar-refractivity contribution in [3.05, 3.63) is 0 Å². The van der Waals surface area contributed by atoms with E-state index in [1.807, 2.05) is 46.7 Å². The van der Waals surface area contributed by atoms with Crippen LogP contribution in [0.3, 0.4) is 0 Å². The van der Waals surface area contributed by atoms with Crippen LogP contribution in [0, 0.1) is 11.8 Å². The molecule has 0 unspecified atom stereocenters. The second-order valence-electron chi connectivity index (χ2n) is 6.06. The molecule has 0 fully saturated rings. The van der Waals surface area contributed by atoms with Crippen molar-refractivity contribution in [3.8, 4) is 0 Å². The lowest BCUT2D eigenvalue weighted by Gasteiger charge is -2.25. The van der Waals surface area contributed by atoms with Crippen LogP contribution in [0.25, 0.3) is 0 Å². The molecular weight excluding hydrogens is 242 g/mol. The lowest BCUT2D eigenvalue weighted by Crippen LogP contribution is -2.47. The molecule has 0 radical (unpaired) electrons. The first-order valence-electron chi connectivity index (χ1n) is 6.95. The number of nitrogens with zero attached hydrogens (tertiary/aromatic N) is 2. The fourth-order valence-electron chi connectivity index (χ4n) is 1.73. The van der Waals surface area contributed by atoms with Gasteiger partial charge in [0.25, 0.3) is 0 Å². The summed E-state index contributed by atoms with van der Waals surface area (Å²) in [7, 11) is 3.86.